The van der Waals surface area contributed by atoms with Gasteiger partial charge in [-0.1, -0.05) is 13.8 Å². The minimum Gasteiger partial charge on any atom is -0.396 e. The summed E-state index contributed by atoms with van der Waals surface area (Å²) in [6.07, 6.45) is 3.45. The maximum atomic E-state index is 11.4. The van der Waals surface area contributed by atoms with Crippen molar-refractivity contribution in [2.75, 3.05) is 24.1 Å². The molecular weight excluding hydrogens is 218 g/mol. The van der Waals surface area contributed by atoms with Crippen molar-refractivity contribution in [3.05, 3.63) is 12.4 Å². The highest BCUT2D eigenvalue weighted by atomic mass is 16.1. The third-order valence-corrected chi connectivity index (χ3v) is 2.01. The molecule has 0 bridgehead atoms. The number of amides is 1. The molecule has 0 radical (unpaired) electrons. The average Bonchev–Trinajstić information content (AvgIpc) is 2.29. The van der Waals surface area contributed by atoms with Crippen LogP contribution in [0.25, 0.3) is 0 Å². The number of aromatic nitrogens is 2. The number of nitrogens with one attached hydrogen (secondary N) is 2. The number of nitrogen functional groups attached to an aromatic ring is 1. The molecule has 1 aromatic heterocycles. The largest absolute Gasteiger partial charge is 0.396 e. The highest BCUT2D eigenvalue weighted by Crippen LogP contribution is 2.00. The molecule has 17 heavy (non-hydrogen) atoms. The van der Waals surface area contributed by atoms with Gasteiger partial charge in [-0.25, -0.2) is 9.97 Å². The van der Waals surface area contributed by atoms with Crippen LogP contribution in [0.2, 0.25) is 0 Å². The number of nitrogens with two attached hydrogens (primary N) is 1. The van der Waals surface area contributed by atoms with E-state index in [1.165, 1.54) is 12.4 Å². The summed E-state index contributed by atoms with van der Waals surface area (Å²) in [7, 11) is 0. The van der Waals surface area contributed by atoms with Gasteiger partial charge in [0.2, 0.25) is 11.9 Å². The average molecular weight is 237 g/mol. The van der Waals surface area contributed by atoms with E-state index in [0.717, 1.165) is 0 Å². The summed E-state index contributed by atoms with van der Waals surface area (Å²) in [5.41, 5.74) is 5.97. The van der Waals surface area contributed by atoms with Crippen molar-refractivity contribution in [3.8, 4) is 0 Å². The molecule has 0 saturated heterocycles. The van der Waals surface area contributed by atoms with Crippen LogP contribution in [0.5, 0.6) is 0 Å². The minimum absolute atomic E-state index is 0.0293. The predicted molar refractivity (Wildman–Crippen MR) is 67.4 cm³/mol. The Labute approximate surface area is 101 Å². The van der Waals surface area contributed by atoms with Gasteiger partial charge in [-0.2, -0.15) is 0 Å². The summed E-state index contributed by atoms with van der Waals surface area (Å²) in [5.74, 6) is 0.977. The Morgan fingerprint density at radius 1 is 1.41 bits per heavy atom. The second-order valence-electron chi connectivity index (χ2n) is 4.21. The molecule has 6 heteroatoms. The zero-order chi connectivity index (χ0) is 12.7. The lowest BCUT2D eigenvalue weighted by Gasteiger charge is -2.08. The highest BCUT2D eigenvalue weighted by Gasteiger charge is 2.02. The summed E-state index contributed by atoms with van der Waals surface area (Å²) in [4.78, 5) is 19.3. The zero-order valence-corrected chi connectivity index (χ0v) is 10.2. The SMILES string of the molecule is CC(C)CNC(=O)CCNc1ncc(N)cn1. The molecule has 0 fully saturated rings. The maximum Gasteiger partial charge on any atom is 0.222 e. The molecule has 0 aromatic carbocycles. The van der Waals surface area contributed by atoms with Gasteiger partial charge < -0.3 is 16.4 Å². The molecule has 0 saturated carbocycles. The molecule has 4 N–H and O–H groups in total. The molecular formula is C11H19N5O. The molecule has 94 valence electrons. The van der Waals surface area contributed by atoms with E-state index in [-0.39, 0.29) is 5.91 Å². The molecule has 1 aromatic rings. The second-order valence-corrected chi connectivity index (χ2v) is 4.21. The van der Waals surface area contributed by atoms with E-state index in [0.29, 0.717) is 37.1 Å². The normalized spacial score (nSPS) is 10.3. The van der Waals surface area contributed by atoms with Crippen LogP contribution < -0.4 is 16.4 Å². The summed E-state index contributed by atoms with van der Waals surface area (Å²) in [6.45, 7) is 5.33. The monoisotopic (exact) mass is 237 g/mol. The lowest BCUT2D eigenvalue weighted by atomic mass is 10.2. The Bertz CT molecular complexity index is 349. The molecule has 0 unspecified atom stereocenters. The standard InChI is InChI=1S/C11H19N5O/c1-8(2)5-14-10(17)3-4-13-11-15-6-9(12)7-16-11/h6-8H,3-5,12H2,1-2H3,(H,14,17)(H,13,15,16). The van der Waals surface area contributed by atoms with Crippen LogP contribution in [0.3, 0.4) is 0 Å². The van der Waals surface area contributed by atoms with Gasteiger partial charge in [0.05, 0.1) is 18.1 Å². The van der Waals surface area contributed by atoms with Crippen LogP contribution in [0.15, 0.2) is 12.4 Å². The molecule has 6 nitrogen and oxygen atoms in total. The number of rotatable bonds is 6. The van der Waals surface area contributed by atoms with Gasteiger partial charge in [0.15, 0.2) is 0 Å². The molecule has 1 heterocycles. The fraction of sp³-hybridized carbons (Fsp3) is 0.545. The molecule has 0 atom stereocenters. The van der Waals surface area contributed by atoms with Gasteiger partial charge in [-0.05, 0) is 5.92 Å². The first-order valence-corrected chi connectivity index (χ1v) is 5.66. The Balaban J connectivity index is 2.19. The van der Waals surface area contributed by atoms with E-state index in [9.17, 15) is 4.79 Å². The topological polar surface area (TPSA) is 92.9 Å². The number of anilines is 2. The Morgan fingerprint density at radius 3 is 2.65 bits per heavy atom. The van der Waals surface area contributed by atoms with Crippen molar-refractivity contribution in [1.82, 2.24) is 15.3 Å². The van der Waals surface area contributed by atoms with Crippen LogP contribution in [0, 0.1) is 5.92 Å². The van der Waals surface area contributed by atoms with E-state index >= 15 is 0 Å². The van der Waals surface area contributed by atoms with Crippen molar-refractivity contribution >= 4 is 17.5 Å². The summed E-state index contributed by atoms with van der Waals surface area (Å²) in [5, 5.41) is 5.79. The van der Waals surface area contributed by atoms with E-state index in [1.807, 2.05) is 0 Å². The molecule has 0 aliphatic heterocycles. The fourth-order valence-corrected chi connectivity index (χ4v) is 1.12. The van der Waals surface area contributed by atoms with Gasteiger partial charge >= 0.3 is 0 Å². The Morgan fingerprint density at radius 2 is 2.06 bits per heavy atom. The summed E-state index contributed by atoms with van der Waals surface area (Å²) >= 11 is 0. The van der Waals surface area contributed by atoms with Crippen LogP contribution in [0.4, 0.5) is 11.6 Å². The number of hydrogen-bond acceptors (Lipinski definition) is 5. The van der Waals surface area contributed by atoms with Gasteiger partial charge in [0.25, 0.3) is 0 Å². The molecule has 1 amide bonds. The number of hydrogen-bond donors (Lipinski definition) is 3. The van der Waals surface area contributed by atoms with Crippen molar-refractivity contribution in [2.45, 2.75) is 20.3 Å². The molecule has 0 spiro atoms. The lowest BCUT2D eigenvalue weighted by molar-refractivity contribution is -0.120. The zero-order valence-electron chi connectivity index (χ0n) is 10.2. The quantitative estimate of drug-likeness (QED) is 0.675. The van der Waals surface area contributed by atoms with Crippen molar-refractivity contribution in [1.29, 1.82) is 0 Å². The first-order valence-electron chi connectivity index (χ1n) is 5.66. The number of carbonyl (C=O) groups excluding carboxylic acids is 1. The number of carbonyl (C=O) groups is 1. The maximum absolute atomic E-state index is 11.4. The van der Waals surface area contributed by atoms with Crippen LogP contribution in [0.1, 0.15) is 20.3 Å². The number of nitrogens with zero attached hydrogens (tertiary/aromatic N) is 2. The molecule has 1 rings (SSSR count). The van der Waals surface area contributed by atoms with Gasteiger partial charge in [-0.15, -0.1) is 0 Å². The third kappa shape index (κ3) is 5.70. The Hall–Kier alpha value is -1.85. The van der Waals surface area contributed by atoms with Crippen molar-refractivity contribution in [3.63, 3.8) is 0 Å². The van der Waals surface area contributed by atoms with E-state index in [1.54, 1.807) is 0 Å². The first-order chi connectivity index (χ1) is 8.08. The van der Waals surface area contributed by atoms with Gasteiger partial charge in [0.1, 0.15) is 0 Å². The van der Waals surface area contributed by atoms with Gasteiger partial charge in [-0.3, -0.25) is 4.79 Å². The molecule has 0 aliphatic rings. The van der Waals surface area contributed by atoms with E-state index in [4.69, 9.17) is 5.73 Å². The van der Waals surface area contributed by atoms with Crippen LogP contribution in [-0.2, 0) is 4.79 Å². The van der Waals surface area contributed by atoms with E-state index in [2.05, 4.69) is 34.4 Å². The van der Waals surface area contributed by atoms with Crippen molar-refractivity contribution in [2.24, 2.45) is 5.92 Å². The fourth-order valence-electron chi connectivity index (χ4n) is 1.12. The van der Waals surface area contributed by atoms with Gasteiger partial charge in [0, 0.05) is 19.5 Å². The lowest BCUT2D eigenvalue weighted by Crippen LogP contribution is -2.28. The smallest absolute Gasteiger partial charge is 0.222 e. The minimum atomic E-state index is 0.0293. The van der Waals surface area contributed by atoms with E-state index < -0.39 is 0 Å². The Kier molecular flexibility index (Phi) is 5.19. The highest BCUT2D eigenvalue weighted by molar-refractivity contribution is 5.76. The molecule has 0 aliphatic carbocycles. The second kappa shape index (κ2) is 6.67. The van der Waals surface area contributed by atoms with Crippen molar-refractivity contribution < 1.29 is 4.79 Å². The predicted octanol–water partition coefficient (Wildman–Crippen LogP) is 0.633. The van der Waals surface area contributed by atoms with Crippen LogP contribution in [-0.4, -0.2) is 29.0 Å². The third-order valence-electron chi connectivity index (χ3n) is 2.01. The first kappa shape index (κ1) is 13.2. The summed E-state index contributed by atoms with van der Waals surface area (Å²) < 4.78 is 0. The van der Waals surface area contributed by atoms with Crippen LogP contribution >= 0.6 is 0 Å². The summed E-state index contributed by atoms with van der Waals surface area (Å²) in [6, 6.07) is 0.